The van der Waals surface area contributed by atoms with Crippen LogP contribution in [0.1, 0.15) is 0 Å². The zero-order valence-electron chi connectivity index (χ0n) is 13.9. The van der Waals surface area contributed by atoms with E-state index in [1.165, 1.54) is 4.74 Å². The van der Waals surface area contributed by atoms with E-state index in [9.17, 15) is 87.8 Å². The lowest BCUT2D eigenvalue weighted by atomic mass is 9.97. The molecule has 0 bridgehead atoms. The van der Waals surface area contributed by atoms with Gasteiger partial charge in [0.1, 0.15) is 0 Å². The van der Waals surface area contributed by atoms with Crippen LogP contribution in [0.15, 0.2) is 24.0 Å². The Morgan fingerprint density at radius 3 is 1.06 bits per heavy atom. The Balaban J connectivity index is 6.56. The van der Waals surface area contributed by atoms with Crippen molar-refractivity contribution in [3.63, 3.8) is 0 Å². The van der Waals surface area contributed by atoms with Gasteiger partial charge in [0.15, 0.2) is 0 Å². The van der Waals surface area contributed by atoms with Crippen molar-refractivity contribution in [2.75, 3.05) is 0 Å². The second kappa shape index (κ2) is 8.56. The topological polar surface area (TPSA) is 18.5 Å². The number of hydrogen-bond donors (Lipinski definition) is 0. The lowest BCUT2D eigenvalue weighted by molar-refractivity contribution is -0.494. The van der Waals surface area contributed by atoms with Gasteiger partial charge in [0.05, 0.1) is 0 Å². The molecule has 0 N–H and O–H groups in total. The molecule has 0 radical (unpaired) electrons. The molecular weight excluding hydrogens is 544 g/mol. The molecule has 0 aliphatic heterocycles. The summed E-state index contributed by atoms with van der Waals surface area (Å²) in [5, 5.41) is 0. The van der Waals surface area contributed by atoms with E-state index in [1.54, 1.807) is 4.74 Å². The minimum atomic E-state index is -8.70. The van der Waals surface area contributed by atoms with E-state index in [1.807, 2.05) is 0 Å². The largest absolute Gasteiger partial charge is 0.472 e. The predicted octanol–water partition coefficient (Wildman–Crippen LogP) is 7.45. The molecule has 0 heterocycles. The number of rotatable bonds is 10. The van der Waals surface area contributed by atoms with Gasteiger partial charge < -0.3 is 4.74 Å². The lowest BCUT2D eigenvalue weighted by Crippen LogP contribution is -2.71. The summed E-state index contributed by atoms with van der Waals surface area (Å²) >= 11 is 0. The first kappa shape index (κ1) is 30.8. The molecule has 2 nitrogen and oxygen atoms in total. The maximum Gasteiger partial charge on any atom is 0.472 e. The van der Waals surface area contributed by atoms with Crippen LogP contribution in [0, 0.1) is 0 Å². The van der Waals surface area contributed by atoms with Crippen molar-refractivity contribution >= 4 is 0 Å². The van der Waals surface area contributed by atoms with Crippen LogP contribution in [0.25, 0.3) is 0 Å². The van der Waals surface area contributed by atoms with Gasteiger partial charge in [0.2, 0.25) is 0 Å². The van der Waals surface area contributed by atoms with Crippen LogP contribution in [0.4, 0.5) is 87.8 Å². The fourth-order valence-electron chi connectivity index (χ4n) is 1.35. The average Bonchev–Trinajstić information content (AvgIpc) is 2.58. The SMILES string of the molecule is FC(F)=C(F)OC(F)(F)C(F)(F)C(F)(F)C(F)(F)C(F)(F)C(F)(F)OC(F)(F)C(F)=C(F)F. The fraction of sp³-hybridized carbons (Fsp3) is 0.636. The lowest BCUT2D eigenvalue weighted by Gasteiger charge is -2.40. The monoisotopic (exact) mass is 544 g/mol. The smallest absolute Gasteiger partial charge is 0.397 e. The Hall–Kier alpha value is -2.16. The molecule has 0 aliphatic rings. The number of hydrogen-bond acceptors (Lipinski definition) is 2. The van der Waals surface area contributed by atoms with Gasteiger partial charge in [-0.05, 0) is 0 Å². The van der Waals surface area contributed by atoms with Crippen LogP contribution in [-0.2, 0) is 9.47 Å². The van der Waals surface area contributed by atoms with Crippen LogP contribution in [0.2, 0.25) is 0 Å². The molecule has 0 spiro atoms. The van der Waals surface area contributed by atoms with Gasteiger partial charge in [-0.25, -0.2) is 4.74 Å². The highest BCUT2D eigenvalue weighted by molar-refractivity contribution is 5.10. The minimum Gasteiger partial charge on any atom is -0.397 e. The third-order valence-corrected chi connectivity index (χ3v) is 2.96. The number of alkyl halides is 14. The maximum absolute atomic E-state index is 13.3. The number of ether oxygens (including phenoxy) is 2. The molecule has 0 unspecified atom stereocenters. The van der Waals surface area contributed by atoms with Gasteiger partial charge in [0, 0.05) is 0 Å². The summed E-state index contributed by atoms with van der Waals surface area (Å²) in [6.07, 6.45) is -31.2. The molecule has 0 aliphatic carbocycles. The van der Waals surface area contributed by atoms with Gasteiger partial charge >= 0.3 is 60.2 Å². The molecule has 0 amide bonds. The molecule has 0 aromatic heterocycles. The van der Waals surface area contributed by atoms with E-state index >= 15 is 0 Å². The Labute approximate surface area is 165 Å². The normalized spacial score (nSPS) is 14.8. The Morgan fingerprint density at radius 2 is 0.758 bits per heavy atom. The van der Waals surface area contributed by atoms with Gasteiger partial charge in [0.25, 0.3) is 5.83 Å². The summed E-state index contributed by atoms with van der Waals surface area (Å²) in [5.41, 5.74) is 0. The first-order valence-corrected chi connectivity index (χ1v) is 6.60. The molecule has 0 fully saturated rings. The Morgan fingerprint density at radius 1 is 0.424 bits per heavy atom. The van der Waals surface area contributed by atoms with Crippen molar-refractivity contribution in [2.24, 2.45) is 0 Å². The Kier molecular flexibility index (Phi) is 8.00. The molecule has 0 saturated carbocycles. The van der Waals surface area contributed by atoms with Gasteiger partial charge in [-0.2, -0.15) is 87.8 Å². The quantitative estimate of drug-likeness (QED) is 0.210. The van der Waals surface area contributed by atoms with Crippen molar-refractivity contribution in [1.82, 2.24) is 0 Å². The Bertz CT molecular complexity index is 786. The van der Waals surface area contributed by atoms with Crippen LogP contribution in [-0.4, -0.2) is 42.0 Å². The standard InChI is InChI=1S/C11F20O2/c12-1(2(13)14)5(18,19)33-11(30,31)9(26,27)7(22,23)6(20,21)8(24,25)10(28,29)32-4(17)3(15)16. The van der Waals surface area contributed by atoms with Crippen molar-refractivity contribution in [3.8, 4) is 0 Å². The molecule has 0 atom stereocenters. The van der Waals surface area contributed by atoms with Crippen LogP contribution in [0.5, 0.6) is 0 Å². The van der Waals surface area contributed by atoms with Crippen LogP contribution < -0.4 is 0 Å². The molecule has 196 valence electrons. The summed E-state index contributed by atoms with van der Waals surface area (Å²) in [6, 6.07) is -4.17. The van der Waals surface area contributed by atoms with E-state index in [2.05, 4.69) is 0 Å². The highest BCUT2D eigenvalue weighted by Crippen LogP contribution is 2.61. The second-order valence-corrected chi connectivity index (χ2v) is 5.16. The third kappa shape index (κ3) is 5.03. The van der Waals surface area contributed by atoms with Crippen molar-refractivity contribution in [2.45, 2.75) is 42.0 Å². The zero-order valence-corrected chi connectivity index (χ0v) is 13.9. The first-order valence-electron chi connectivity index (χ1n) is 6.60. The summed E-state index contributed by atoms with van der Waals surface area (Å²) in [6.45, 7) is 0. The van der Waals surface area contributed by atoms with E-state index in [-0.39, 0.29) is 0 Å². The summed E-state index contributed by atoms with van der Waals surface area (Å²) in [7, 11) is 0. The van der Waals surface area contributed by atoms with Gasteiger partial charge in [-0.1, -0.05) is 0 Å². The third-order valence-electron chi connectivity index (χ3n) is 2.96. The second-order valence-electron chi connectivity index (χ2n) is 5.16. The van der Waals surface area contributed by atoms with Crippen molar-refractivity contribution < 1.29 is 97.3 Å². The maximum atomic E-state index is 13.3. The van der Waals surface area contributed by atoms with Gasteiger partial charge in [-0.3, -0.25) is 0 Å². The summed E-state index contributed by atoms with van der Waals surface area (Å²) in [5.74, 6) is -38.7. The summed E-state index contributed by atoms with van der Waals surface area (Å²) in [4.78, 5) is 0. The minimum absolute atomic E-state index is 1.32. The highest BCUT2D eigenvalue weighted by Gasteiger charge is 2.92. The van der Waals surface area contributed by atoms with Crippen molar-refractivity contribution in [3.05, 3.63) is 24.0 Å². The van der Waals surface area contributed by atoms with E-state index in [0.29, 0.717) is 0 Å². The van der Waals surface area contributed by atoms with E-state index < -0.39 is 66.0 Å². The van der Waals surface area contributed by atoms with Gasteiger partial charge in [-0.15, -0.1) is 0 Å². The first-order chi connectivity index (χ1) is 14.1. The highest BCUT2D eigenvalue weighted by atomic mass is 19.4. The zero-order chi connectivity index (χ0) is 27.2. The molecule has 33 heavy (non-hydrogen) atoms. The summed E-state index contributed by atoms with van der Waals surface area (Å²) < 4.78 is 256. The fourth-order valence-corrected chi connectivity index (χ4v) is 1.35. The molecule has 0 saturated heterocycles. The number of halogens is 20. The van der Waals surface area contributed by atoms with E-state index in [0.717, 1.165) is 0 Å². The van der Waals surface area contributed by atoms with Crippen LogP contribution in [0.3, 0.4) is 0 Å². The van der Waals surface area contributed by atoms with Crippen molar-refractivity contribution in [1.29, 1.82) is 0 Å². The molecular formula is C11F20O2. The van der Waals surface area contributed by atoms with E-state index in [4.69, 9.17) is 0 Å². The predicted molar refractivity (Wildman–Crippen MR) is 57.5 cm³/mol. The van der Waals surface area contributed by atoms with Crippen LogP contribution >= 0.6 is 0 Å². The average molecular weight is 544 g/mol. The molecule has 22 heteroatoms. The molecule has 0 rings (SSSR count). The molecule has 0 aromatic carbocycles. The molecule has 0 aromatic rings.